The summed E-state index contributed by atoms with van der Waals surface area (Å²) in [6, 6.07) is 6.04. The third kappa shape index (κ3) is 4.78. The molecular formula is C17H26N2O3S. The van der Waals surface area contributed by atoms with Crippen LogP contribution in [0.1, 0.15) is 25.7 Å². The van der Waals surface area contributed by atoms with Gasteiger partial charge in [0.2, 0.25) is 5.91 Å². The molecule has 1 saturated heterocycles. The molecular weight excluding hydrogens is 312 g/mol. The second-order valence-electron chi connectivity index (χ2n) is 5.59. The lowest BCUT2D eigenvalue weighted by Crippen LogP contribution is -2.47. The van der Waals surface area contributed by atoms with E-state index in [0.717, 1.165) is 30.0 Å². The number of nitrogens with two attached hydrogens (primary N) is 1. The molecule has 1 aliphatic heterocycles. The molecule has 0 saturated carbocycles. The van der Waals surface area contributed by atoms with Gasteiger partial charge in [-0.2, -0.15) is 0 Å². The molecule has 1 aromatic rings. The number of ether oxygens (including phenoxy) is 2. The molecule has 5 nitrogen and oxygen atoms in total. The molecule has 1 amide bonds. The number of amides is 1. The van der Waals surface area contributed by atoms with Crippen molar-refractivity contribution < 1.29 is 14.3 Å². The van der Waals surface area contributed by atoms with Gasteiger partial charge < -0.3 is 20.1 Å². The molecule has 1 unspecified atom stereocenters. The summed E-state index contributed by atoms with van der Waals surface area (Å²) in [5.74, 6) is 2.39. The van der Waals surface area contributed by atoms with E-state index >= 15 is 0 Å². The zero-order valence-electron chi connectivity index (χ0n) is 13.9. The Morgan fingerprint density at radius 3 is 2.78 bits per heavy atom. The highest BCUT2D eigenvalue weighted by molar-refractivity contribution is 7.99. The number of hydrogen-bond donors (Lipinski definition) is 1. The van der Waals surface area contributed by atoms with Gasteiger partial charge >= 0.3 is 0 Å². The molecule has 2 rings (SSSR count). The molecule has 1 atom stereocenters. The van der Waals surface area contributed by atoms with E-state index in [9.17, 15) is 4.79 Å². The fraction of sp³-hybridized carbons (Fsp3) is 0.588. The Morgan fingerprint density at radius 2 is 2.09 bits per heavy atom. The average molecular weight is 338 g/mol. The quantitative estimate of drug-likeness (QED) is 0.774. The molecule has 1 heterocycles. The Balaban J connectivity index is 1.85. The largest absolute Gasteiger partial charge is 0.493 e. The highest BCUT2D eigenvalue weighted by Crippen LogP contribution is 2.32. The fourth-order valence-electron chi connectivity index (χ4n) is 2.88. The summed E-state index contributed by atoms with van der Waals surface area (Å²) in [7, 11) is 3.24. The molecule has 0 bridgehead atoms. The van der Waals surface area contributed by atoms with Gasteiger partial charge in [-0.15, -0.1) is 11.8 Å². The number of carbonyl (C=O) groups excluding carboxylic acids is 1. The van der Waals surface area contributed by atoms with Crippen molar-refractivity contribution in [1.29, 1.82) is 0 Å². The minimum Gasteiger partial charge on any atom is -0.493 e. The molecule has 0 radical (unpaired) electrons. The summed E-state index contributed by atoms with van der Waals surface area (Å²) < 4.78 is 10.5. The molecule has 128 valence electrons. The van der Waals surface area contributed by atoms with E-state index in [-0.39, 0.29) is 11.9 Å². The normalized spacial score (nSPS) is 17.9. The number of benzene rings is 1. The van der Waals surface area contributed by atoms with Crippen LogP contribution in [0.15, 0.2) is 23.1 Å². The first-order valence-corrected chi connectivity index (χ1v) is 9.02. The molecule has 0 aromatic heterocycles. The maximum absolute atomic E-state index is 12.4. The predicted octanol–water partition coefficient (Wildman–Crippen LogP) is 2.53. The van der Waals surface area contributed by atoms with Gasteiger partial charge in [0.1, 0.15) is 0 Å². The topological polar surface area (TPSA) is 64.8 Å². The number of rotatable bonds is 7. The predicted molar refractivity (Wildman–Crippen MR) is 93.3 cm³/mol. The maximum Gasteiger partial charge on any atom is 0.223 e. The maximum atomic E-state index is 12.4. The monoisotopic (exact) mass is 338 g/mol. The van der Waals surface area contributed by atoms with Crippen molar-refractivity contribution >= 4 is 17.7 Å². The third-order valence-corrected chi connectivity index (χ3v) is 5.15. The van der Waals surface area contributed by atoms with E-state index in [2.05, 4.69) is 0 Å². The summed E-state index contributed by atoms with van der Waals surface area (Å²) in [5.41, 5.74) is 5.79. The van der Waals surface area contributed by atoms with Gasteiger partial charge in [-0.25, -0.2) is 0 Å². The van der Waals surface area contributed by atoms with Crippen LogP contribution < -0.4 is 15.2 Å². The SMILES string of the molecule is COc1ccc(SCCC(=O)N2CCCCC2CN)cc1OC. The number of thioether (sulfide) groups is 1. The molecule has 0 aliphatic carbocycles. The highest BCUT2D eigenvalue weighted by Gasteiger charge is 2.24. The van der Waals surface area contributed by atoms with Crippen molar-refractivity contribution in [3.05, 3.63) is 18.2 Å². The van der Waals surface area contributed by atoms with Crippen molar-refractivity contribution in [2.45, 2.75) is 36.6 Å². The minimum atomic E-state index is 0.216. The molecule has 2 N–H and O–H groups in total. The van der Waals surface area contributed by atoms with Crippen molar-refractivity contribution in [3.8, 4) is 11.5 Å². The Kier molecular flexibility index (Phi) is 7.05. The van der Waals surface area contributed by atoms with Gasteiger partial charge in [0.05, 0.1) is 14.2 Å². The highest BCUT2D eigenvalue weighted by atomic mass is 32.2. The van der Waals surface area contributed by atoms with Gasteiger partial charge in [-0.3, -0.25) is 4.79 Å². The van der Waals surface area contributed by atoms with E-state index in [1.54, 1.807) is 26.0 Å². The Bertz CT molecular complexity index is 525. The van der Waals surface area contributed by atoms with Crippen LogP contribution in [0, 0.1) is 0 Å². The smallest absolute Gasteiger partial charge is 0.223 e. The van der Waals surface area contributed by atoms with Crippen LogP contribution in [0.3, 0.4) is 0 Å². The van der Waals surface area contributed by atoms with Crippen LogP contribution in [0.2, 0.25) is 0 Å². The molecule has 1 aromatic carbocycles. The van der Waals surface area contributed by atoms with Crippen molar-refractivity contribution in [3.63, 3.8) is 0 Å². The lowest BCUT2D eigenvalue weighted by Gasteiger charge is -2.35. The van der Waals surface area contributed by atoms with Crippen molar-refractivity contribution in [2.24, 2.45) is 5.73 Å². The molecule has 23 heavy (non-hydrogen) atoms. The summed E-state index contributed by atoms with van der Waals surface area (Å²) in [6.45, 7) is 1.41. The number of piperidine rings is 1. The zero-order valence-corrected chi connectivity index (χ0v) is 14.7. The van der Waals surface area contributed by atoms with Crippen LogP contribution >= 0.6 is 11.8 Å². The average Bonchev–Trinajstić information content (AvgIpc) is 2.61. The van der Waals surface area contributed by atoms with Crippen LogP contribution in [0.25, 0.3) is 0 Å². The number of nitrogens with zero attached hydrogens (tertiary/aromatic N) is 1. The summed E-state index contributed by atoms with van der Waals surface area (Å²) in [4.78, 5) is 15.4. The first-order chi connectivity index (χ1) is 11.2. The van der Waals surface area contributed by atoms with E-state index < -0.39 is 0 Å². The van der Waals surface area contributed by atoms with Crippen molar-refractivity contribution in [1.82, 2.24) is 4.90 Å². The summed E-state index contributed by atoms with van der Waals surface area (Å²) >= 11 is 1.66. The Labute approximate surface area is 142 Å². The van der Waals surface area contributed by atoms with Crippen LogP contribution in [0.5, 0.6) is 11.5 Å². The standard InChI is InChI=1S/C17H26N2O3S/c1-21-15-7-6-14(11-16(15)22-2)23-10-8-17(20)19-9-4-3-5-13(19)12-18/h6-7,11,13H,3-5,8-10,12,18H2,1-2H3. The zero-order chi connectivity index (χ0) is 16.7. The van der Waals surface area contributed by atoms with E-state index in [4.69, 9.17) is 15.2 Å². The second-order valence-corrected chi connectivity index (χ2v) is 6.76. The molecule has 6 heteroatoms. The summed E-state index contributed by atoms with van der Waals surface area (Å²) in [6.07, 6.45) is 3.83. The number of carbonyl (C=O) groups is 1. The lowest BCUT2D eigenvalue weighted by molar-refractivity contribution is -0.134. The lowest BCUT2D eigenvalue weighted by atomic mass is 10.0. The van der Waals surface area contributed by atoms with Crippen LogP contribution in [-0.4, -0.2) is 49.9 Å². The van der Waals surface area contributed by atoms with Gasteiger partial charge in [-0.1, -0.05) is 0 Å². The van der Waals surface area contributed by atoms with Gasteiger partial charge in [0, 0.05) is 36.2 Å². The van der Waals surface area contributed by atoms with E-state index in [1.807, 2.05) is 23.1 Å². The number of likely N-dealkylation sites (tertiary alicyclic amines) is 1. The van der Waals surface area contributed by atoms with E-state index in [1.165, 1.54) is 6.42 Å². The van der Waals surface area contributed by atoms with Gasteiger partial charge in [0.25, 0.3) is 0 Å². The second kappa shape index (κ2) is 9.03. The number of methoxy groups -OCH3 is 2. The first-order valence-electron chi connectivity index (χ1n) is 8.04. The fourth-order valence-corrected chi connectivity index (χ4v) is 3.75. The first kappa shape index (κ1) is 17.9. The molecule has 1 aliphatic rings. The van der Waals surface area contributed by atoms with Crippen LogP contribution in [0.4, 0.5) is 0 Å². The van der Waals surface area contributed by atoms with E-state index in [0.29, 0.717) is 24.5 Å². The Morgan fingerprint density at radius 1 is 1.30 bits per heavy atom. The minimum absolute atomic E-state index is 0.216. The van der Waals surface area contributed by atoms with Gasteiger partial charge in [-0.05, 0) is 37.5 Å². The molecule has 1 fully saturated rings. The molecule has 0 spiro atoms. The van der Waals surface area contributed by atoms with Crippen LogP contribution in [-0.2, 0) is 4.79 Å². The van der Waals surface area contributed by atoms with Crippen molar-refractivity contribution in [2.75, 3.05) is 33.1 Å². The van der Waals surface area contributed by atoms with Gasteiger partial charge in [0.15, 0.2) is 11.5 Å². The third-order valence-electron chi connectivity index (χ3n) is 4.16. The number of hydrogen-bond acceptors (Lipinski definition) is 5. The summed E-state index contributed by atoms with van der Waals surface area (Å²) in [5, 5.41) is 0. The Hall–Kier alpha value is -1.40.